The molecule has 2 aliphatic heterocycles. The van der Waals surface area contributed by atoms with Gasteiger partial charge in [-0.2, -0.15) is 0 Å². The molecule has 1 aromatic carbocycles. The van der Waals surface area contributed by atoms with Crippen LogP contribution in [0.5, 0.6) is 5.75 Å². The molecule has 2 heterocycles. The summed E-state index contributed by atoms with van der Waals surface area (Å²) >= 11 is 0. The van der Waals surface area contributed by atoms with Gasteiger partial charge in [-0.1, -0.05) is 24.6 Å². The van der Waals surface area contributed by atoms with E-state index in [2.05, 4.69) is 34.1 Å². The van der Waals surface area contributed by atoms with Crippen molar-refractivity contribution in [2.45, 2.75) is 38.5 Å². The zero-order valence-corrected chi connectivity index (χ0v) is 15.2. The Morgan fingerprint density at radius 3 is 2.76 bits per heavy atom. The highest BCUT2D eigenvalue weighted by Crippen LogP contribution is 2.29. The molecule has 4 nitrogen and oxygen atoms in total. The van der Waals surface area contributed by atoms with Gasteiger partial charge in [-0.05, 0) is 56.2 Å². The van der Waals surface area contributed by atoms with Gasteiger partial charge < -0.3 is 14.5 Å². The average molecular weight is 342 g/mol. The second kappa shape index (κ2) is 7.77. The molecule has 25 heavy (non-hydrogen) atoms. The Morgan fingerprint density at radius 2 is 1.92 bits per heavy atom. The van der Waals surface area contributed by atoms with Gasteiger partial charge in [-0.3, -0.25) is 4.79 Å². The standard InChI is InChI=1S/C21H30N2O2/c24-21(18-6-3-7-18)23-11-4-10-22(12-13-23)16-17-9-14-25-20-8-2-1-5-19(20)15-17/h1-2,5,8,17-18H,3-4,6-7,9-16H2/t17-/m0/s1. The predicted molar refractivity (Wildman–Crippen MR) is 98.7 cm³/mol. The minimum atomic E-state index is 0.335. The lowest BCUT2D eigenvalue weighted by atomic mass is 9.84. The van der Waals surface area contributed by atoms with Crippen molar-refractivity contribution in [3.8, 4) is 5.75 Å². The molecule has 1 atom stereocenters. The van der Waals surface area contributed by atoms with Crippen molar-refractivity contribution < 1.29 is 9.53 Å². The van der Waals surface area contributed by atoms with Gasteiger partial charge in [0.05, 0.1) is 6.61 Å². The highest BCUT2D eigenvalue weighted by atomic mass is 16.5. The molecule has 2 fully saturated rings. The van der Waals surface area contributed by atoms with E-state index in [1.165, 1.54) is 12.0 Å². The Bertz CT molecular complexity index is 599. The summed E-state index contributed by atoms with van der Waals surface area (Å²) < 4.78 is 5.91. The molecular formula is C21H30N2O2. The summed E-state index contributed by atoms with van der Waals surface area (Å²) in [5.74, 6) is 2.47. The summed E-state index contributed by atoms with van der Waals surface area (Å²) in [5, 5.41) is 0. The molecule has 0 radical (unpaired) electrons. The third kappa shape index (κ3) is 4.00. The van der Waals surface area contributed by atoms with Crippen molar-refractivity contribution in [1.29, 1.82) is 0 Å². The minimum Gasteiger partial charge on any atom is -0.493 e. The van der Waals surface area contributed by atoms with Crippen molar-refractivity contribution in [2.75, 3.05) is 39.3 Å². The van der Waals surface area contributed by atoms with Gasteiger partial charge in [0.1, 0.15) is 5.75 Å². The molecular weight excluding hydrogens is 312 g/mol. The molecule has 4 heteroatoms. The molecule has 136 valence electrons. The Labute approximate surface area is 151 Å². The Kier molecular flexibility index (Phi) is 5.25. The molecule has 1 saturated heterocycles. The highest BCUT2D eigenvalue weighted by Gasteiger charge is 2.30. The minimum absolute atomic E-state index is 0.335. The number of carbonyl (C=O) groups is 1. The van der Waals surface area contributed by atoms with Gasteiger partial charge in [0.2, 0.25) is 5.91 Å². The maximum Gasteiger partial charge on any atom is 0.225 e. The fourth-order valence-corrected chi connectivity index (χ4v) is 4.37. The first-order valence-electron chi connectivity index (χ1n) is 10.0. The van der Waals surface area contributed by atoms with E-state index in [1.54, 1.807) is 0 Å². The Hall–Kier alpha value is -1.55. The van der Waals surface area contributed by atoms with Gasteiger partial charge >= 0.3 is 0 Å². The van der Waals surface area contributed by atoms with Crippen LogP contribution in [0, 0.1) is 11.8 Å². The number of rotatable bonds is 3. The number of para-hydroxylation sites is 1. The van der Waals surface area contributed by atoms with E-state index >= 15 is 0 Å². The fraction of sp³-hybridized carbons (Fsp3) is 0.667. The first-order valence-corrected chi connectivity index (χ1v) is 10.0. The van der Waals surface area contributed by atoms with Crippen molar-refractivity contribution >= 4 is 5.91 Å². The number of hydrogen-bond donors (Lipinski definition) is 0. The monoisotopic (exact) mass is 342 g/mol. The van der Waals surface area contributed by atoms with E-state index in [-0.39, 0.29) is 0 Å². The van der Waals surface area contributed by atoms with Crippen molar-refractivity contribution in [1.82, 2.24) is 9.80 Å². The molecule has 1 saturated carbocycles. The van der Waals surface area contributed by atoms with Gasteiger partial charge in [0.25, 0.3) is 0 Å². The van der Waals surface area contributed by atoms with Crippen molar-refractivity contribution in [3.05, 3.63) is 29.8 Å². The van der Waals surface area contributed by atoms with Crippen molar-refractivity contribution in [2.24, 2.45) is 11.8 Å². The first-order chi connectivity index (χ1) is 12.3. The number of hydrogen-bond acceptors (Lipinski definition) is 3. The van der Waals surface area contributed by atoms with Crippen LogP contribution in [0.25, 0.3) is 0 Å². The lowest BCUT2D eigenvalue weighted by molar-refractivity contribution is -0.138. The average Bonchev–Trinajstić information content (AvgIpc) is 2.91. The molecule has 0 bridgehead atoms. The molecule has 0 N–H and O–H groups in total. The smallest absolute Gasteiger partial charge is 0.225 e. The number of ether oxygens (including phenoxy) is 1. The molecule has 0 spiro atoms. The zero-order chi connectivity index (χ0) is 17.1. The second-order valence-electron chi connectivity index (χ2n) is 7.92. The second-order valence-corrected chi connectivity index (χ2v) is 7.92. The lowest BCUT2D eigenvalue weighted by Gasteiger charge is -2.31. The maximum atomic E-state index is 12.5. The van der Waals surface area contributed by atoms with Crippen molar-refractivity contribution in [3.63, 3.8) is 0 Å². The van der Waals surface area contributed by atoms with E-state index in [0.717, 1.165) is 77.2 Å². The van der Waals surface area contributed by atoms with E-state index in [4.69, 9.17) is 4.74 Å². The van der Waals surface area contributed by atoms with Crippen LogP contribution in [0.4, 0.5) is 0 Å². The highest BCUT2D eigenvalue weighted by molar-refractivity contribution is 5.79. The van der Waals surface area contributed by atoms with Crippen LogP contribution in [0.1, 0.15) is 37.7 Å². The van der Waals surface area contributed by atoms with Gasteiger partial charge in [-0.15, -0.1) is 0 Å². The third-order valence-electron chi connectivity index (χ3n) is 6.14. The Morgan fingerprint density at radius 1 is 1.04 bits per heavy atom. The largest absolute Gasteiger partial charge is 0.493 e. The fourth-order valence-electron chi connectivity index (χ4n) is 4.37. The van der Waals surface area contributed by atoms with Gasteiger partial charge in [-0.25, -0.2) is 0 Å². The van der Waals surface area contributed by atoms with Crippen LogP contribution in [0.2, 0.25) is 0 Å². The summed E-state index contributed by atoms with van der Waals surface area (Å²) in [6.07, 6.45) is 6.80. The number of amides is 1. The number of carbonyl (C=O) groups excluding carboxylic acids is 1. The van der Waals surface area contributed by atoms with Crippen LogP contribution < -0.4 is 4.74 Å². The summed E-state index contributed by atoms with van der Waals surface area (Å²) in [4.78, 5) is 17.2. The van der Waals surface area contributed by atoms with Crippen LogP contribution in [0.15, 0.2) is 24.3 Å². The van der Waals surface area contributed by atoms with Crippen LogP contribution in [-0.4, -0.2) is 55.0 Å². The van der Waals surface area contributed by atoms with Crippen LogP contribution in [-0.2, 0) is 11.2 Å². The number of nitrogens with zero attached hydrogens (tertiary/aromatic N) is 2. The lowest BCUT2D eigenvalue weighted by Crippen LogP contribution is -2.41. The summed E-state index contributed by atoms with van der Waals surface area (Å²) in [7, 11) is 0. The number of benzene rings is 1. The third-order valence-corrected chi connectivity index (χ3v) is 6.14. The van der Waals surface area contributed by atoms with Crippen LogP contribution >= 0.6 is 0 Å². The molecule has 1 aliphatic carbocycles. The van der Waals surface area contributed by atoms with E-state index in [1.807, 2.05) is 0 Å². The summed E-state index contributed by atoms with van der Waals surface area (Å²) in [5.41, 5.74) is 1.35. The SMILES string of the molecule is O=C(C1CCC1)N1CCCN(C[C@H]2CCOc3ccccc3C2)CC1. The van der Waals surface area contributed by atoms with E-state index in [0.29, 0.717) is 17.7 Å². The molecule has 0 aromatic heterocycles. The summed E-state index contributed by atoms with van der Waals surface area (Å²) in [6, 6.07) is 8.46. The molecule has 3 aliphatic rings. The Balaban J connectivity index is 1.31. The molecule has 0 unspecified atom stereocenters. The van der Waals surface area contributed by atoms with E-state index < -0.39 is 0 Å². The molecule has 1 amide bonds. The number of fused-ring (bicyclic) bond motifs is 1. The quantitative estimate of drug-likeness (QED) is 0.847. The first kappa shape index (κ1) is 16.9. The predicted octanol–water partition coefficient (Wildman–Crippen LogP) is 2.96. The molecule has 4 rings (SSSR count). The van der Waals surface area contributed by atoms with Gasteiger partial charge in [0, 0.05) is 32.1 Å². The zero-order valence-electron chi connectivity index (χ0n) is 15.2. The summed E-state index contributed by atoms with van der Waals surface area (Å²) in [6.45, 7) is 5.95. The normalized spacial score (nSPS) is 25.3. The van der Waals surface area contributed by atoms with E-state index in [9.17, 15) is 4.79 Å². The topological polar surface area (TPSA) is 32.8 Å². The van der Waals surface area contributed by atoms with Crippen LogP contribution in [0.3, 0.4) is 0 Å². The van der Waals surface area contributed by atoms with Gasteiger partial charge in [0.15, 0.2) is 0 Å². The maximum absolute atomic E-state index is 12.5. The molecule has 1 aromatic rings.